The van der Waals surface area contributed by atoms with Gasteiger partial charge in [0, 0.05) is 0 Å². The molecule has 0 bridgehead atoms. The molecule has 0 fully saturated rings. The Hall–Kier alpha value is -0.970. The van der Waals surface area contributed by atoms with Gasteiger partial charge < -0.3 is 5.32 Å². The van der Waals surface area contributed by atoms with E-state index in [0.29, 0.717) is 6.54 Å². The van der Waals surface area contributed by atoms with Crippen molar-refractivity contribution in [3.63, 3.8) is 0 Å². The second-order valence-electron chi connectivity index (χ2n) is 3.07. The molecule has 0 aromatic carbocycles. The number of hydrogen-bond acceptors (Lipinski definition) is 4. The van der Waals surface area contributed by atoms with Crippen LogP contribution in [0.4, 0.5) is 0 Å². The van der Waals surface area contributed by atoms with Gasteiger partial charge in [-0.25, -0.2) is 0 Å². The standard InChI is InChI=1S/C8H17N5/c1-2-3-4-5-6-9-7-8-10-12-13-11-8/h9H,2-7H2,1H3,(H,10,11,12,13). The van der Waals surface area contributed by atoms with E-state index in [0.717, 1.165) is 12.4 Å². The summed E-state index contributed by atoms with van der Waals surface area (Å²) in [5, 5.41) is 16.8. The average molecular weight is 183 g/mol. The SMILES string of the molecule is CCCCCCNCc1nn[nH]n1. The minimum absolute atomic E-state index is 0.711. The first-order valence-corrected chi connectivity index (χ1v) is 4.86. The lowest BCUT2D eigenvalue weighted by atomic mass is 10.2. The van der Waals surface area contributed by atoms with E-state index in [1.54, 1.807) is 0 Å². The normalized spacial score (nSPS) is 10.5. The third-order valence-electron chi connectivity index (χ3n) is 1.88. The summed E-state index contributed by atoms with van der Waals surface area (Å²) in [5.74, 6) is 0.732. The van der Waals surface area contributed by atoms with Gasteiger partial charge in [-0.1, -0.05) is 31.4 Å². The van der Waals surface area contributed by atoms with Crippen molar-refractivity contribution in [3.05, 3.63) is 5.82 Å². The second kappa shape index (κ2) is 6.54. The molecule has 0 amide bonds. The molecule has 1 aromatic rings. The Morgan fingerprint density at radius 1 is 1.31 bits per heavy atom. The maximum atomic E-state index is 3.84. The summed E-state index contributed by atoms with van der Waals surface area (Å²) in [6, 6.07) is 0. The van der Waals surface area contributed by atoms with E-state index in [1.165, 1.54) is 25.7 Å². The van der Waals surface area contributed by atoms with E-state index in [4.69, 9.17) is 0 Å². The van der Waals surface area contributed by atoms with Crippen LogP contribution >= 0.6 is 0 Å². The summed E-state index contributed by atoms with van der Waals surface area (Å²) >= 11 is 0. The van der Waals surface area contributed by atoms with Crippen molar-refractivity contribution < 1.29 is 0 Å². The molecule has 0 aliphatic rings. The van der Waals surface area contributed by atoms with Crippen LogP contribution in [0.1, 0.15) is 38.4 Å². The van der Waals surface area contributed by atoms with Crippen molar-refractivity contribution in [3.8, 4) is 0 Å². The number of aromatic nitrogens is 4. The highest BCUT2D eigenvalue weighted by Crippen LogP contribution is 1.97. The fourth-order valence-electron chi connectivity index (χ4n) is 1.13. The number of aromatic amines is 1. The molecule has 13 heavy (non-hydrogen) atoms. The number of nitrogens with one attached hydrogen (secondary N) is 2. The Balaban J connectivity index is 1.90. The van der Waals surface area contributed by atoms with E-state index in [1.807, 2.05) is 0 Å². The summed E-state index contributed by atoms with van der Waals surface area (Å²) in [4.78, 5) is 0. The van der Waals surface area contributed by atoms with E-state index < -0.39 is 0 Å². The van der Waals surface area contributed by atoms with Crippen LogP contribution < -0.4 is 5.32 Å². The molecule has 1 heterocycles. The Bertz CT molecular complexity index is 196. The lowest BCUT2D eigenvalue weighted by molar-refractivity contribution is 0.588. The molecule has 0 saturated carbocycles. The van der Waals surface area contributed by atoms with Crippen LogP contribution in [0.3, 0.4) is 0 Å². The Morgan fingerprint density at radius 3 is 2.92 bits per heavy atom. The highest BCUT2D eigenvalue weighted by atomic mass is 15.5. The summed E-state index contributed by atoms with van der Waals surface area (Å²) < 4.78 is 0. The van der Waals surface area contributed by atoms with Gasteiger partial charge in [0.25, 0.3) is 0 Å². The zero-order chi connectivity index (χ0) is 9.36. The minimum atomic E-state index is 0.711. The topological polar surface area (TPSA) is 66.5 Å². The second-order valence-corrected chi connectivity index (χ2v) is 3.07. The molecule has 2 N–H and O–H groups in total. The van der Waals surface area contributed by atoms with Crippen LogP contribution in [-0.4, -0.2) is 27.2 Å². The lowest BCUT2D eigenvalue weighted by Crippen LogP contribution is -2.15. The maximum absolute atomic E-state index is 3.84. The minimum Gasteiger partial charge on any atom is -0.310 e. The molecule has 5 nitrogen and oxygen atoms in total. The molecule has 0 saturated heterocycles. The zero-order valence-corrected chi connectivity index (χ0v) is 8.08. The van der Waals surface area contributed by atoms with E-state index in [9.17, 15) is 0 Å². The molecule has 5 heteroatoms. The highest BCUT2D eigenvalue weighted by Gasteiger charge is 1.95. The first-order chi connectivity index (χ1) is 6.43. The van der Waals surface area contributed by atoms with Crippen molar-refractivity contribution in [2.24, 2.45) is 0 Å². The van der Waals surface area contributed by atoms with Gasteiger partial charge in [-0.15, -0.1) is 10.2 Å². The Morgan fingerprint density at radius 2 is 2.23 bits per heavy atom. The van der Waals surface area contributed by atoms with Crippen molar-refractivity contribution in [2.75, 3.05) is 6.54 Å². The van der Waals surface area contributed by atoms with Crippen LogP contribution in [0.5, 0.6) is 0 Å². The zero-order valence-electron chi connectivity index (χ0n) is 8.08. The van der Waals surface area contributed by atoms with Crippen LogP contribution in [0.15, 0.2) is 0 Å². The molecule has 0 spiro atoms. The monoisotopic (exact) mass is 183 g/mol. The molecule has 0 atom stereocenters. The number of hydrogen-bond donors (Lipinski definition) is 2. The van der Waals surface area contributed by atoms with Gasteiger partial charge in [0.1, 0.15) is 0 Å². The first-order valence-electron chi connectivity index (χ1n) is 4.86. The molecule has 0 aliphatic carbocycles. The molecule has 0 unspecified atom stereocenters. The van der Waals surface area contributed by atoms with Crippen molar-refractivity contribution in [1.82, 2.24) is 25.9 Å². The third kappa shape index (κ3) is 4.57. The highest BCUT2D eigenvalue weighted by molar-refractivity contribution is 4.73. The fourth-order valence-corrected chi connectivity index (χ4v) is 1.13. The summed E-state index contributed by atoms with van der Waals surface area (Å²) in [6.45, 7) is 3.96. The molecule has 0 aliphatic heterocycles. The molecule has 1 rings (SSSR count). The van der Waals surface area contributed by atoms with Gasteiger partial charge in [0.15, 0.2) is 5.82 Å². The largest absolute Gasteiger partial charge is 0.310 e. The molecule has 1 aromatic heterocycles. The summed E-state index contributed by atoms with van der Waals surface area (Å²) in [6.07, 6.45) is 5.14. The molecule has 74 valence electrons. The van der Waals surface area contributed by atoms with Crippen LogP contribution in [0, 0.1) is 0 Å². The van der Waals surface area contributed by atoms with Crippen LogP contribution in [0.2, 0.25) is 0 Å². The van der Waals surface area contributed by atoms with Gasteiger partial charge in [-0.3, -0.25) is 0 Å². The number of rotatable bonds is 7. The summed E-state index contributed by atoms with van der Waals surface area (Å²) in [7, 11) is 0. The molecular weight excluding hydrogens is 166 g/mol. The van der Waals surface area contributed by atoms with Crippen molar-refractivity contribution in [2.45, 2.75) is 39.2 Å². The van der Waals surface area contributed by atoms with E-state index in [-0.39, 0.29) is 0 Å². The fraction of sp³-hybridized carbons (Fsp3) is 0.875. The predicted octanol–water partition coefficient (Wildman–Crippen LogP) is 0.870. The van der Waals surface area contributed by atoms with Gasteiger partial charge in [-0.05, 0) is 13.0 Å². The number of tetrazole rings is 1. The molecular formula is C8H17N5. The van der Waals surface area contributed by atoms with Gasteiger partial charge in [0.2, 0.25) is 0 Å². The number of unbranched alkanes of at least 4 members (excludes halogenated alkanes) is 3. The average Bonchev–Trinajstić information content (AvgIpc) is 2.63. The van der Waals surface area contributed by atoms with Gasteiger partial charge in [0.05, 0.1) is 6.54 Å². The maximum Gasteiger partial charge on any atom is 0.188 e. The van der Waals surface area contributed by atoms with E-state index in [2.05, 4.69) is 32.9 Å². The lowest BCUT2D eigenvalue weighted by Gasteiger charge is -2.00. The summed E-state index contributed by atoms with van der Waals surface area (Å²) in [5.41, 5.74) is 0. The third-order valence-corrected chi connectivity index (χ3v) is 1.88. The van der Waals surface area contributed by atoms with Crippen LogP contribution in [0.25, 0.3) is 0 Å². The number of H-pyrrole nitrogens is 1. The predicted molar refractivity (Wildman–Crippen MR) is 50.0 cm³/mol. The van der Waals surface area contributed by atoms with Crippen LogP contribution in [-0.2, 0) is 6.54 Å². The number of nitrogens with zero attached hydrogens (tertiary/aromatic N) is 3. The van der Waals surface area contributed by atoms with Gasteiger partial charge >= 0.3 is 0 Å². The van der Waals surface area contributed by atoms with Gasteiger partial charge in [-0.2, -0.15) is 5.21 Å². The Labute approximate surface area is 78.3 Å². The smallest absolute Gasteiger partial charge is 0.188 e. The first kappa shape index (κ1) is 10.1. The molecule has 0 radical (unpaired) electrons. The van der Waals surface area contributed by atoms with Crippen molar-refractivity contribution >= 4 is 0 Å². The van der Waals surface area contributed by atoms with Crippen molar-refractivity contribution in [1.29, 1.82) is 0 Å². The Kier molecular flexibility index (Phi) is 5.08. The quantitative estimate of drug-likeness (QED) is 0.615. The van der Waals surface area contributed by atoms with E-state index >= 15 is 0 Å².